The molecule has 0 spiro atoms. The summed E-state index contributed by atoms with van der Waals surface area (Å²) in [5.41, 5.74) is 2.68. The Labute approximate surface area is 187 Å². The van der Waals surface area contributed by atoms with Gasteiger partial charge in [-0.05, 0) is 63.8 Å². The van der Waals surface area contributed by atoms with E-state index in [1.165, 1.54) is 12.1 Å². The van der Waals surface area contributed by atoms with Gasteiger partial charge in [-0.1, -0.05) is 12.1 Å². The third-order valence-corrected chi connectivity index (χ3v) is 5.66. The largest absolute Gasteiger partial charge is 0.459 e. The second-order valence-electron chi connectivity index (χ2n) is 8.51. The van der Waals surface area contributed by atoms with Crippen molar-refractivity contribution in [3.05, 3.63) is 58.2 Å². The highest BCUT2D eigenvalue weighted by atomic mass is 19.1. The Bertz CT molecular complexity index is 997. The first-order valence-electron chi connectivity index (χ1n) is 10.9. The van der Waals surface area contributed by atoms with E-state index in [2.05, 4.69) is 10.3 Å². The van der Waals surface area contributed by atoms with Crippen LogP contribution in [0.2, 0.25) is 0 Å². The zero-order chi connectivity index (χ0) is 23.4. The Morgan fingerprint density at radius 1 is 1.22 bits per heavy atom. The van der Waals surface area contributed by atoms with Crippen LogP contribution in [-0.4, -0.2) is 46.9 Å². The number of hydrogen-bond donors (Lipinski definition) is 2. The number of carbonyl (C=O) groups excluding carboxylic acids is 3. The summed E-state index contributed by atoms with van der Waals surface area (Å²) in [5.74, 6) is -1.47. The van der Waals surface area contributed by atoms with Crippen LogP contribution in [0, 0.1) is 25.6 Å². The number of carbonyl (C=O) groups is 3. The number of rotatable bonds is 6. The predicted molar refractivity (Wildman–Crippen MR) is 118 cm³/mol. The van der Waals surface area contributed by atoms with Gasteiger partial charge in [0.25, 0.3) is 5.91 Å². The van der Waals surface area contributed by atoms with Gasteiger partial charge in [-0.25, -0.2) is 9.18 Å². The molecule has 2 aromatic rings. The Kier molecular flexibility index (Phi) is 7.33. The molecule has 0 saturated carbocycles. The van der Waals surface area contributed by atoms with E-state index in [9.17, 15) is 18.8 Å². The lowest BCUT2D eigenvalue weighted by Gasteiger charge is -2.32. The molecule has 172 valence electrons. The van der Waals surface area contributed by atoms with E-state index >= 15 is 0 Å². The molecule has 2 amide bonds. The van der Waals surface area contributed by atoms with Crippen molar-refractivity contribution >= 4 is 17.8 Å². The zero-order valence-corrected chi connectivity index (χ0v) is 19.0. The summed E-state index contributed by atoms with van der Waals surface area (Å²) in [5, 5.41) is 2.88. The number of nitrogens with one attached hydrogen (secondary N) is 2. The van der Waals surface area contributed by atoms with Crippen LogP contribution in [0.1, 0.15) is 64.4 Å². The van der Waals surface area contributed by atoms with Gasteiger partial charge in [0.15, 0.2) is 0 Å². The average molecular weight is 444 g/mol. The third kappa shape index (κ3) is 5.36. The minimum absolute atomic E-state index is 0.132. The number of nitrogens with zero attached hydrogens (tertiary/aromatic N) is 1. The molecular weight excluding hydrogens is 413 g/mol. The number of piperidine rings is 1. The number of esters is 1. The number of amides is 2. The van der Waals surface area contributed by atoms with Crippen LogP contribution in [-0.2, 0) is 16.1 Å². The molecule has 7 nitrogen and oxygen atoms in total. The number of aromatic amines is 1. The highest BCUT2D eigenvalue weighted by Crippen LogP contribution is 2.24. The molecule has 2 heterocycles. The van der Waals surface area contributed by atoms with E-state index in [0.29, 0.717) is 55.0 Å². The summed E-state index contributed by atoms with van der Waals surface area (Å²) < 4.78 is 18.3. The number of aromatic nitrogens is 1. The summed E-state index contributed by atoms with van der Waals surface area (Å²) in [6, 6.07) is 5.97. The number of benzene rings is 1. The molecule has 32 heavy (non-hydrogen) atoms. The van der Waals surface area contributed by atoms with Crippen molar-refractivity contribution in [2.75, 3.05) is 13.1 Å². The molecule has 0 radical (unpaired) electrons. The number of halogens is 1. The van der Waals surface area contributed by atoms with Crippen LogP contribution in [0.3, 0.4) is 0 Å². The normalized spacial score (nSPS) is 16.2. The number of likely N-dealkylation sites (tertiary alicyclic amines) is 1. The highest BCUT2D eigenvalue weighted by molar-refractivity contribution is 6.00. The first-order valence-corrected chi connectivity index (χ1v) is 10.9. The first-order chi connectivity index (χ1) is 15.2. The molecule has 8 heteroatoms. The zero-order valence-electron chi connectivity index (χ0n) is 19.0. The van der Waals surface area contributed by atoms with Crippen molar-refractivity contribution in [2.45, 2.75) is 53.2 Å². The predicted octanol–water partition coefficient (Wildman–Crippen LogP) is 3.50. The second kappa shape index (κ2) is 9.97. The van der Waals surface area contributed by atoms with Gasteiger partial charge in [0.2, 0.25) is 5.91 Å². The van der Waals surface area contributed by atoms with Crippen molar-refractivity contribution in [1.82, 2.24) is 15.2 Å². The molecule has 1 aliphatic rings. The molecule has 0 aliphatic carbocycles. The number of H-pyrrole nitrogens is 1. The molecule has 1 saturated heterocycles. The molecule has 1 aromatic heterocycles. The van der Waals surface area contributed by atoms with Gasteiger partial charge in [-0.2, -0.15) is 0 Å². The maximum Gasteiger partial charge on any atom is 0.340 e. The fraction of sp³-hybridized carbons (Fsp3) is 0.458. The van der Waals surface area contributed by atoms with E-state index in [1.807, 2.05) is 0 Å². The summed E-state index contributed by atoms with van der Waals surface area (Å²) in [6.07, 6.45) is 1.14. The van der Waals surface area contributed by atoms with Crippen LogP contribution in [0.15, 0.2) is 24.3 Å². The minimum atomic E-state index is -0.456. The van der Waals surface area contributed by atoms with Crippen molar-refractivity contribution in [3.8, 4) is 0 Å². The maximum atomic E-state index is 13.2. The summed E-state index contributed by atoms with van der Waals surface area (Å²) in [4.78, 5) is 43.0. The summed E-state index contributed by atoms with van der Waals surface area (Å²) in [7, 11) is 0. The Balaban J connectivity index is 1.65. The fourth-order valence-corrected chi connectivity index (χ4v) is 4.01. The quantitative estimate of drug-likeness (QED) is 0.669. The van der Waals surface area contributed by atoms with Gasteiger partial charge < -0.3 is 19.9 Å². The summed E-state index contributed by atoms with van der Waals surface area (Å²) >= 11 is 0. The van der Waals surface area contributed by atoms with Gasteiger partial charge in [-0.3, -0.25) is 9.59 Å². The van der Waals surface area contributed by atoms with E-state index in [0.717, 1.165) is 5.56 Å². The monoisotopic (exact) mass is 443 g/mol. The summed E-state index contributed by atoms with van der Waals surface area (Å²) in [6.45, 7) is 8.17. The van der Waals surface area contributed by atoms with E-state index in [-0.39, 0.29) is 29.7 Å². The Hall–Kier alpha value is -3.16. The number of ether oxygens (including phenoxy) is 1. The molecule has 1 atom stereocenters. The number of hydrogen-bond acceptors (Lipinski definition) is 4. The van der Waals surface area contributed by atoms with Gasteiger partial charge in [0.05, 0.1) is 17.6 Å². The standard InChI is InChI=1S/C24H30FN3O4/c1-14(2)32-24(31)20-15(3)21(27-16(20)4)23(30)28-11-5-6-18(13-28)22(29)26-12-17-7-9-19(25)10-8-17/h7-10,14,18,27H,5-6,11-13H2,1-4H3,(H,26,29)/t18-/m1/s1. The molecule has 1 fully saturated rings. The van der Waals surface area contributed by atoms with E-state index in [1.54, 1.807) is 44.7 Å². The van der Waals surface area contributed by atoms with Crippen molar-refractivity contribution in [2.24, 2.45) is 5.92 Å². The van der Waals surface area contributed by atoms with Gasteiger partial charge >= 0.3 is 5.97 Å². The minimum Gasteiger partial charge on any atom is -0.459 e. The van der Waals surface area contributed by atoms with E-state index < -0.39 is 5.97 Å². The van der Waals surface area contributed by atoms with Gasteiger partial charge in [-0.15, -0.1) is 0 Å². The lowest BCUT2D eigenvalue weighted by molar-refractivity contribution is -0.126. The molecule has 0 unspecified atom stereocenters. The third-order valence-electron chi connectivity index (χ3n) is 5.66. The fourth-order valence-electron chi connectivity index (χ4n) is 4.01. The molecule has 2 N–H and O–H groups in total. The van der Waals surface area contributed by atoms with Crippen LogP contribution in [0.4, 0.5) is 4.39 Å². The average Bonchev–Trinajstić information content (AvgIpc) is 3.06. The highest BCUT2D eigenvalue weighted by Gasteiger charge is 2.32. The van der Waals surface area contributed by atoms with Crippen molar-refractivity contribution in [1.29, 1.82) is 0 Å². The lowest BCUT2D eigenvalue weighted by atomic mass is 9.96. The molecule has 0 bridgehead atoms. The van der Waals surface area contributed by atoms with Crippen LogP contribution < -0.4 is 5.32 Å². The van der Waals surface area contributed by atoms with Crippen LogP contribution >= 0.6 is 0 Å². The Morgan fingerprint density at radius 3 is 2.56 bits per heavy atom. The maximum absolute atomic E-state index is 13.2. The van der Waals surface area contributed by atoms with Gasteiger partial charge in [0.1, 0.15) is 11.5 Å². The lowest BCUT2D eigenvalue weighted by Crippen LogP contribution is -2.45. The Morgan fingerprint density at radius 2 is 1.91 bits per heavy atom. The van der Waals surface area contributed by atoms with Crippen molar-refractivity contribution < 1.29 is 23.5 Å². The SMILES string of the molecule is Cc1[nH]c(C(=O)N2CCC[C@@H](C(=O)NCc3ccc(F)cc3)C2)c(C)c1C(=O)OC(C)C. The molecule has 1 aliphatic heterocycles. The van der Waals surface area contributed by atoms with Crippen LogP contribution in [0.25, 0.3) is 0 Å². The second-order valence-corrected chi connectivity index (χ2v) is 8.51. The van der Waals surface area contributed by atoms with Crippen molar-refractivity contribution in [3.63, 3.8) is 0 Å². The number of aryl methyl sites for hydroxylation is 1. The van der Waals surface area contributed by atoms with Crippen LogP contribution in [0.5, 0.6) is 0 Å². The molecule has 1 aromatic carbocycles. The molecule has 3 rings (SSSR count). The smallest absolute Gasteiger partial charge is 0.340 e. The van der Waals surface area contributed by atoms with E-state index in [4.69, 9.17) is 4.74 Å². The van der Waals surface area contributed by atoms with Gasteiger partial charge in [0, 0.05) is 25.3 Å². The molecular formula is C24H30FN3O4. The first kappa shape index (κ1) is 23.5. The topological polar surface area (TPSA) is 91.5 Å².